The number of halogens is 1. The first kappa shape index (κ1) is 11.2. The van der Waals surface area contributed by atoms with Crippen molar-refractivity contribution in [2.24, 2.45) is 5.73 Å². The van der Waals surface area contributed by atoms with E-state index < -0.39 is 6.04 Å². The van der Waals surface area contributed by atoms with Crippen molar-refractivity contribution in [2.45, 2.75) is 6.04 Å². The van der Waals surface area contributed by atoms with Crippen molar-refractivity contribution in [1.82, 2.24) is 0 Å². The van der Waals surface area contributed by atoms with Crippen molar-refractivity contribution in [3.05, 3.63) is 29.3 Å². The van der Waals surface area contributed by atoms with Gasteiger partial charge in [0.2, 0.25) is 5.91 Å². The van der Waals surface area contributed by atoms with Gasteiger partial charge in [0.05, 0.1) is 13.2 Å². The van der Waals surface area contributed by atoms with Gasteiger partial charge in [-0.2, -0.15) is 0 Å². The SMILES string of the molecule is NC(=O)C1COCCN1c1cccc(Cl)c1. The fourth-order valence-electron chi connectivity index (χ4n) is 1.80. The van der Waals surface area contributed by atoms with E-state index in [1.54, 1.807) is 6.07 Å². The van der Waals surface area contributed by atoms with Crippen LogP contribution < -0.4 is 10.6 Å². The molecule has 0 aromatic heterocycles. The van der Waals surface area contributed by atoms with Crippen LogP contribution in [0.3, 0.4) is 0 Å². The quantitative estimate of drug-likeness (QED) is 0.840. The second-order valence-corrected chi connectivity index (χ2v) is 4.10. The van der Waals surface area contributed by atoms with E-state index in [-0.39, 0.29) is 5.91 Å². The average Bonchev–Trinajstić information content (AvgIpc) is 2.29. The zero-order chi connectivity index (χ0) is 11.5. The van der Waals surface area contributed by atoms with Crippen molar-refractivity contribution >= 4 is 23.2 Å². The number of nitrogens with zero attached hydrogens (tertiary/aromatic N) is 1. The molecule has 1 aliphatic rings. The fourth-order valence-corrected chi connectivity index (χ4v) is 1.99. The Labute approximate surface area is 98.9 Å². The molecule has 0 radical (unpaired) electrons. The van der Waals surface area contributed by atoms with Gasteiger partial charge in [-0.1, -0.05) is 17.7 Å². The van der Waals surface area contributed by atoms with E-state index in [2.05, 4.69) is 0 Å². The Kier molecular flexibility index (Phi) is 3.31. The van der Waals surface area contributed by atoms with Gasteiger partial charge < -0.3 is 15.4 Å². The number of carbonyl (C=O) groups is 1. The number of hydrogen-bond acceptors (Lipinski definition) is 3. The summed E-state index contributed by atoms with van der Waals surface area (Å²) in [6.45, 7) is 1.58. The summed E-state index contributed by atoms with van der Waals surface area (Å²) in [4.78, 5) is 13.2. The molecular weight excluding hydrogens is 228 g/mol. The summed E-state index contributed by atoms with van der Waals surface area (Å²) < 4.78 is 5.25. The fraction of sp³-hybridized carbons (Fsp3) is 0.364. The first-order chi connectivity index (χ1) is 7.68. The zero-order valence-corrected chi connectivity index (χ0v) is 9.48. The number of rotatable bonds is 2. The summed E-state index contributed by atoms with van der Waals surface area (Å²) in [6.07, 6.45) is 0. The topological polar surface area (TPSA) is 55.6 Å². The number of primary amides is 1. The van der Waals surface area contributed by atoms with Gasteiger partial charge in [-0.15, -0.1) is 0 Å². The third kappa shape index (κ3) is 2.28. The smallest absolute Gasteiger partial charge is 0.242 e. The molecule has 1 heterocycles. The second-order valence-electron chi connectivity index (χ2n) is 3.67. The maximum Gasteiger partial charge on any atom is 0.242 e. The van der Waals surface area contributed by atoms with Gasteiger partial charge in [0.25, 0.3) is 0 Å². The summed E-state index contributed by atoms with van der Waals surface area (Å²) in [5.41, 5.74) is 6.24. The Morgan fingerprint density at radius 2 is 2.38 bits per heavy atom. The highest BCUT2D eigenvalue weighted by atomic mass is 35.5. The molecule has 0 bridgehead atoms. The molecule has 1 amide bonds. The summed E-state index contributed by atoms with van der Waals surface area (Å²) in [5, 5.41) is 0.646. The van der Waals surface area contributed by atoms with Crippen LogP contribution in [-0.4, -0.2) is 31.7 Å². The molecule has 2 rings (SSSR count). The van der Waals surface area contributed by atoms with Crippen molar-refractivity contribution < 1.29 is 9.53 Å². The van der Waals surface area contributed by atoms with Crippen LogP contribution in [0.15, 0.2) is 24.3 Å². The number of benzene rings is 1. The van der Waals surface area contributed by atoms with Crippen LogP contribution in [0.5, 0.6) is 0 Å². The molecule has 16 heavy (non-hydrogen) atoms. The Hall–Kier alpha value is -1.26. The number of anilines is 1. The van der Waals surface area contributed by atoms with E-state index in [1.807, 2.05) is 23.1 Å². The van der Waals surface area contributed by atoms with Crippen LogP contribution in [-0.2, 0) is 9.53 Å². The molecule has 1 aromatic rings. The van der Waals surface area contributed by atoms with E-state index in [4.69, 9.17) is 22.1 Å². The highest BCUT2D eigenvalue weighted by Gasteiger charge is 2.27. The number of amides is 1. The normalized spacial score (nSPS) is 20.8. The lowest BCUT2D eigenvalue weighted by molar-refractivity contribution is -0.121. The lowest BCUT2D eigenvalue weighted by atomic mass is 10.2. The van der Waals surface area contributed by atoms with Crippen LogP contribution in [0.4, 0.5) is 5.69 Å². The minimum absolute atomic E-state index is 0.335. The van der Waals surface area contributed by atoms with Crippen molar-refractivity contribution in [3.63, 3.8) is 0 Å². The first-order valence-electron chi connectivity index (χ1n) is 5.08. The molecule has 1 unspecified atom stereocenters. The lowest BCUT2D eigenvalue weighted by Gasteiger charge is -2.35. The molecule has 5 heteroatoms. The number of carbonyl (C=O) groups excluding carboxylic acids is 1. The summed E-state index contributed by atoms with van der Waals surface area (Å²) in [5.74, 6) is -0.375. The van der Waals surface area contributed by atoms with Crippen LogP contribution in [0.25, 0.3) is 0 Å². The predicted octanol–water partition coefficient (Wildman–Crippen LogP) is 1.03. The lowest BCUT2D eigenvalue weighted by Crippen LogP contribution is -2.52. The average molecular weight is 241 g/mol. The monoisotopic (exact) mass is 240 g/mol. The van der Waals surface area contributed by atoms with E-state index in [1.165, 1.54) is 0 Å². The Balaban J connectivity index is 2.26. The molecule has 1 aromatic carbocycles. The van der Waals surface area contributed by atoms with Gasteiger partial charge in [0.15, 0.2) is 0 Å². The Bertz CT molecular complexity index is 397. The van der Waals surface area contributed by atoms with Crippen molar-refractivity contribution in [3.8, 4) is 0 Å². The molecule has 1 aliphatic heterocycles. The Morgan fingerprint density at radius 3 is 3.06 bits per heavy atom. The summed E-state index contributed by atoms with van der Waals surface area (Å²) >= 11 is 5.92. The molecule has 4 nitrogen and oxygen atoms in total. The number of nitrogens with two attached hydrogens (primary N) is 1. The standard InChI is InChI=1S/C11H13ClN2O2/c12-8-2-1-3-9(6-8)14-4-5-16-7-10(14)11(13)15/h1-3,6,10H,4-5,7H2,(H2,13,15). The molecule has 0 spiro atoms. The van der Waals surface area contributed by atoms with Gasteiger partial charge in [-0.3, -0.25) is 4.79 Å². The maximum atomic E-state index is 11.3. The van der Waals surface area contributed by atoms with Crippen LogP contribution in [0, 0.1) is 0 Å². The molecule has 2 N–H and O–H groups in total. The molecule has 1 saturated heterocycles. The molecular formula is C11H13ClN2O2. The molecule has 1 atom stereocenters. The largest absolute Gasteiger partial charge is 0.377 e. The maximum absolute atomic E-state index is 11.3. The van der Waals surface area contributed by atoms with Gasteiger partial charge in [0, 0.05) is 17.3 Å². The highest BCUT2D eigenvalue weighted by molar-refractivity contribution is 6.30. The van der Waals surface area contributed by atoms with Gasteiger partial charge in [-0.25, -0.2) is 0 Å². The number of morpholine rings is 1. The van der Waals surface area contributed by atoms with Crippen LogP contribution in [0.2, 0.25) is 5.02 Å². The van der Waals surface area contributed by atoms with Crippen molar-refractivity contribution in [1.29, 1.82) is 0 Å². The van der Waals surface area contributed by atoms with E-state index in [9.17, 15) is 4.79 Å². The van der Waals surface area contributed by atoms with E-state index in [0.29, 0.717) is 24.8 Å². The second kappa shape index (κ2) is 4.72. The van der Waals surface area contributed by atoms with E-state index >= 15 is 0 Å². The zero-order valence-electron chi connectivity index (χ0n) is 8.73. The van der Waals surface area contributed by atoms with Gasteiger partial charge >= 0.3 is 0 Å². The van der Waals surface area contributed by atoms with Crippen LogP contribution in [0.1, 0.15) is 0 Å². The Morgan fingerprint density at radius 1 is 1.56 bits per heavy atom. The summed E-state index contributed by atoms with van der Waals surface area (Å²) in [7, 11) is 0. The molecule has 86 valence electrons. The molecule has 1 fully saturated rings. The third-order valence-corrected chi connectivity index (χ3v) is 2.83. The van der Waals surface area contributed by atoms with E-state index in [0.717, 1.165) is 5.69 Å². The summed E-state index contributed by atoms with van der Waals surface area (Å²) in [6, 6.07) is 6.97. The predicted molar refractivity (Wildman–Crippen MR) is 62.6 cm³/mol. The van der Waals surface area contributed by atoms with Gasteiger partial charge in [-0.05, 0) is 18.2 Å². The molecule has 0 aliphatic carbocycles. The first-order valence-corrected chi connectivity index (χ1v) is 5.45. The minimum atomic E-state index is -0.410. The third-order valence-electron chi connectivity index (χ3n) is 2.60. The molecule has 0 saturated carbocycles. The van der Waals surface area contributed by atoms with Crippen molar-refractivity contribution in [2.75, 3.05) is 24.7 Å². The number of ether oxygens (including phenoxy) is 1. The van der Waals surface area contributed by atoms with Gasteiger partial charge in [0.1, 0.15) is 6.04 Å². The highest BCUT2D eigenvalue weighted by Crippen LogP contribution is 2.22. The van der Waals surface area contributed by atoms with Crippen LogP contribution >= 0.6 is 11.6 Å². The minimum Gasteiger partial charge on any atom is -0.377 e. The number of hydrogen-bond donors (Lipinski definition) is 1.